The number of amidine groups is 1. The van der Waals surface area contributed by atoms with E-state index in [0.717, 1.165) is 18.8 Å². The molecule has 1 atom stereocenters. The number of aliphatic imine (C=N–C) groups is 1. The number of aromatic nitrogens is 1. The quantitative estimate of drug-likeness (QED) is 0.764. The van der Waals surface area contributed by atoms with E-state index in [0.29, 0.717) is 5.92 Å². The van der Waals surface area contributed by atoms with E-state index >= 15 is 0 Å². The fourth-order valence-electron chi connectivity index (χ4n) is 3.19. The van der Waals surface area contributed by atoms with Crippen LogP contribution in [0.2, 0.25) is 0 Å². The molecule has 23 heavy (non-hydrogen) atoms. The van der Waals surface area contributed by atoms with Gasteiger partial charge in [-0.25, -0.2) is 0 Å². The number of nitrogens with zero attached hydrogens (tertiary/aromatic N) is 2. The first-order valence-electron chi connectivity index (χ1n) is 8.06. The molecule has 4 rings (SSSR count). The first kappa shape index (κ1) is 13.9. The van der Waals surface area contributed by atoms with E-state index in [1.54, 1.807) is 0 Å². The highest BCUT2D eigenvalue weighted by Gasteiger charge is 2.18. The Labute approximate surface area is 136 Å². The lowest BCUT2D eigenvalue weighted by atomic mass is 9.99. The SMILES string of the molecule is CC(CCN=C1Nc2cccc3cccc1c23)c1ccncc1. The molecule has 0 spiro atoms. The molecule has 1 N–H and O–H groups in total. The number of hydrogen-bond acceptors (Lipinski definition) is 2. The topological polar surface area (TPSA) is 37.3 Å². The van der Waals surface area contributed by atoms with Crippen LogP contribution >= 0.6 is 0 Å². The molecule has 3 heteroatoms. The monoisotopic (exact) mass is 301 g/mol. The molecule has 1 aliphatic heterocycles. The third-order valence-corrected chi connectivity index (χ3v) is 4.52. The number of pyridine rings is 1. The number of rotatable bonds is 4. The number of benzene rings is 2. The minimum absolute atomic E-state index is 0.488. The molecule has 2 aromatic carbocycles. The summed E-state index contributed by atoms with van der Waals surface area (Å²) < 4.78 is 0. The second kappa shape index (κ2) is 5.84. The highest BCUT2D eigenvalue weighted by molar-refractivity contribution is 6.25. The lowest BCUT2D eigenvalue weighted by Gasteiger charge is -2.10. The van der Waals surface area contributed by atoms with Crippen molar-refractivity contribution in [1.29, 1.82) is 0 Å². The van der Waals surface area contributed by atoms with Crippen molar-refractivity contribution in [3.8, 4) is 0 Å². The zero-order valence-electron chi connectivity index (χ0n) is 13.2. The Bertz CT molecular complexity index is 863. The van der Waals surface area contributed by atoms with Crippen molar-refractivity contribution in [2.45, 2.75) is 19.3 Å². The molecule has 3 nitrogen and oxygen atoms in total. The molecule has 1 aromatic heterocycles. The Kier molecular flexibility index (Phi) is 3.54. The third kappa shape index (κ3) is 2.59. The molecular weight excluding hydrogens is 282 g/mol. The molecule has 0 amide bonds. The van der Waals surface area contributed by atoms with E-state index in [1.165, 1.54) is 27.6 Å². The van der Waals surface area contributed by atoms with Gasteiger partial charge in [0.25, 0.3) is 0 Å². The first-order chi connectivity index (χ1) is 11.3. The zero-order valence-corrected chi connectivity index (χ0v) is 13.2. The summed E-state index contributed by atoms with van der Waals surface area (Å²) in [6, 6.07) is 16.9. The summed E-state index contributed by atoms with van der Waals surface area (Å²) in [6.45, 7) is 3.06. The largest absolute Gasteiger partial charge is 0.339 e. The second-order valence-corrected chi connectivity index (χ2v) is 6.03. The van der Waals surface area contributed by atoms with Crippen LogP contribution in [-0.4, -0.2) is 17.4 Å². The van der Waals surface area contributed by atoms with Gasteiger partial charge in [-0.05, 0) is 41.5 Å². The molecule has 114 valence electrons. The molecule has 0 fully saturated rings. The van der Waals surface area contributed by atoms with Gasteiger partial charge < -0.3 is 5.32 Å². The maximum atomic E-state index is 4.82. The van der Waals surface area contributed by atoms with Gasteiger partial charge in [0.15, 0.2) is 0 Å². The van der Waals surface area contributed by atoms with Gasteiger partial charge in [-0.15, -0.1) is 0 Å². The van der Waals surface area contributed by atoms with Gasteiger partial charge in [0.1, 0.15) is 5.84 Å². The summed E-state index contributed by atoms with van der Waals surface area (Å²) >= 11 is 0. The van der Waals surface area contributed by atoms with Crippen LogP contribution in [0.25, 0.3) is 10.8 Å². The maximum absolute atomic E-state index is 4.82. The summed E-state index contributed by atoms with van der Waals surface area (Å²) in [5.41, 5.74) is 3.71. The summed E-state index contributed by atoms with van der Waals surface area (Å²) in [5, 5.41) is 6.02. The predicted octanol–water partition coefficient (Wildman–Crippen LogP) is 4.60. The van der Waals surface area contributed by atoms with E-state index in [1.807, 2.05) is 12.4 Å². The molecule has 0 bridgehead atoms. The molecular formula is C20H19N3. The van der Waals surface area contributed by atoms with E-state index in [4.69, 9.17) is 4.99 Å². The lowest BCUT2D eigenvalue weighted by Crippen LogP contribution is -2.08. The van der Waals surface area contributed by atoms with Crippen LogP contribution in [0.4, 0.5) is 5.69 Å². The van der Waals surface area contributed by atoms with Gasteiger partial charge in [0.05, 0.1) is 0 Å². The van der Waals surface area contributed by atoms with Crippen molar-refractivity contribution in [2.75, 3.05) is 11.9 Å². The van der Waals surface area contributed by atoms with E-state index < -0.39 is 0 Å². The number of anilines is 1. The highest BCUT2D eigenvalue weighted by atomic mass is 15.0. The molecule has 0 radical (unpaired) electrons. The Hall–Kier alpha value is -2.68. The smallest absolute Gasteiger partial charge is 0.133 e. The standard InChI is InChI=1S/C20H19N3/c1-14(15-9-11-21-12-10-15)8-13-22-20-17-6-2-4-16-5-3-7-18(23-20)19(16)17/h2-7,9-12,14H,8,13H2,1H3,(H,22,23). The van der Waals surface area contributed by atoms with Gasteiger partial charge >= 0.3 is 0 Å². The molecule has 1 unspecified atom stereocenters. The van der Waals surface area contributed by atoms with Crippen LogP contribution in [0.3, 0.4) is 0 Å². The number of hydrogen-bond donors (Lipinski definition) is 1. The first-order valence-corrected chi connectivity index (χ1v) is 8.06. The van der Waals surface area contributed by atoms with E-state index in [2.05, 4.69) is 65.8 Å². The van der Waals surface area contributed by atoms with Crippen LogP contribution < -0.4 is 5.32 Å². The number of nitrogens with one attached hydrogen (secondary N) is 1. The van der Waals surface area contributed by atoms with Crippen molar-refractivity contribution in [3.05, 3.63) is 72.1 Å². The Balaban J connectivity index is 1.52. The van der Waals surface area contributed by atoms with Crippen molar-refractivity contribution >= 4 is 22.3 Å². The van der Waals surface area contributed by atoms with Crippen molar-refractivity contribution in [2.24, 2.45) is 4.99 Å². The van der Waals surface area contributed by atoms with Gasteiger partial charge in [-0.1, -0.05) is 37.3 Å². The van der Waals surface area contributed by atoms with Crippen LogP contribution in [0.15, 0.2) is 65.9 Å². The van der Waals surface area contributed by atoms with Gasteiger partial charge in [0, 0.05) is 35.6 Å². The average molecular weight is 301 g/mol. The Morgan fingerprint density at radius 1 is 1.04 bits per heavy atom. The summed E-state index contributed by atoms with van der Waals surface area (Å²) in [7, 11) is 0. The predicted molar refractivity (Wildman–Crippen MR) is 96.2 cm³/mol. The van der Waals surface area contributed by atoms with Crippen molar-refractivity contribution in [1.82, 2.24) is 4.98 Å². The van der Waals surface area contributed by atoms with E-state index in [-0.39, 0.29) is 0 Å². The van der Waals surface area contributed by atoms with Crippen LogP contribution in [0, 0.1) is 0 Å². The van der Waals surface area contributed by atoms with Crippen LogP contribution in [-0.2, 0) is 0 Å². The molecule has 2 heterocycles. The highest BCUT2D eigenvalue weighted by Crippen LogP contribution is 2.33. The molecule has 3 aromatic rings. The normalized spacial score (nSPS) is 15.8. The minimum Gasteiger partial charge on any atom is -0.339 e. The van der Waals surface area contributed by atoms with Crippen LogP contribution in [0.1, 0.15) is 30.4 Å². The van der Waals surface area contributed by atoms with Crippen molar-refractivity contribution < 1.29 is 0 Å². The summed E-state index contributed by atoms with van der Waals surface area (Å²) in [6.07, 6.45) is 4.74. The van der Waals surface area contributed by atoms with Crippen molar-refractivity contribution in [3.63, 3.8) is 0 Å². The van der Waals surface area contributed by atoms with Gasteiger partial charge in [0.2, 0.25) is 0 Å². The average Bonchev–Trinajstić information content (AvgIpc) is 2.96. The minimum atomic E-state index is 0.488. The summed E-state index contributed by atoms with van der Waals surface area (Å²) in [4.78, 5) is 8.90. The third-order valence-electron chi connectivity index (χ3n) is 4.52. The lowest BCUT2D eigenvalue weighted by molar-refractivity contribution is 0.690. The van der Waals surface area contributed by atoms with Crippen LogP contribution in [0.5, 0.6) is 0 Å². The molecule has 0 saturated heterocycles. The zero-order chi connectivity index (χ0) is 15.6. The Morgan fingerprint density at radius 2 is 1.83 bits per heavy atom. The maximum Gasteiger partial charge on any atom is 0.133 e. The van der Waals surface area contributed by atoms with E-state index in [9.17, 15) is 0 Å². The molecule has 0 aliphatic carbocycles. The second-order valence-electron chi connectivity index (χ2n) is 6.03. The fourth-order valence-corrected chi connectivity index (χ4v) is 3.19. The Morgan fingerprint density at radius 3 is 2.65 bits per heavy atom. The van der Waals surface area contributed by atoms with Gasteiger partial charge in [-0.3, -0.25) is 9.98 Å². The van der Waals surface area contributed by atoms with Gasteiger partial charge in [-0.2, -0.15) is 0 Å². The fraction of sp³-hybridized carbons (Fsp3) is 0.200. The molecule has 0 saturated carbocycles. The summed E-state index contributed by atoms with van der Waals surface area (Å²) in [5.74, 6) is 1.49. The molecule has 1 aliphatic rings.